The molecule has 1 aromatic heterocycles. The van der Waals surface area contributed by atoms with Crippen LogP contribution in [-0.4, -0.2) is 23.1 Å². The first-order chi connectivity index (χ1) is 6.65. The van der Waals surface area contributed by atoms with E-state index in [0.717, 1.165) is 23.8 Å². The zero-order valence-electron chi connectivity index (χ0n) is 9.04. The maximum Gasteiger partial charge on any atom is 0.125 e. The molecule has 0 spiro atoms. The van der Waals surface area contributed by atoms with Crippen molar-refractivity contribution < 1.29 is 0 Å². The normalized spacial score (nSPS) is 10.6. The minimum atomic E-state index is 0.400. The van der Waals surface area contributed by atoms with E-state index in [-0.39, 0.29) is 0 Å². The fourth-order valence-electron chi connectivity index (χ4n) is 1.27. The first-order valence-corrected chi connectivity index (χ1v) is 4.92. The molecule has 0 bridgehead atoms. The van der Waals surface area contributed by atoms with E-state index in [1.54, 1.807) is 0 Å². The average molecular weight is 194 g/mol. The molecule has 0 atom stereocenters. The molecule has 0 saturated carbocycles. The standard InChI is InChI=1S/C10H18N4/c1-7(2)10-9(12-5-4-11)6-13-8(3)14-10/h6-7,12H,4-5,11H2,1-3H3. The summed E-state index contributed by atoms with van der Waals surface area (Å²) in [5.41, 5.74) is 7.49. The molecule has 14 heavy (non-hydrogen) atoms. The van der Waals surface area contributed by atoms with Crippen molar-refractivity contribution in [3.63, 3.8) is 0 Å². The molecule has 4 heteroatoms. The van der Waals surface area contributed by atoms with Crippen LogP contribution in [0.25, 0.3) is 0 Å². The topological polar surface area (TPSA) is 63.8 Å². The van der Waals surface area contributed by atoms with Crippen molar-refractivity contribution in [2.75, 3.05) is 18.4 Å². The van der Waals surface area contributed by atoms with Gasteiger partial charge in [0.25, 0.3) is 0 Å². The zero-order valence-corrected chi connectivity index (χ0v) is 9.04. The Balaban J connectivity index is 2.90. The minimum Gasteiger partial charge on any atom is -0.381 e. The third-order valence-electron chi connectivity index (χ3n) is 1.95. The summed E-state index contributed by atoms with van der Waals surface area (Å²) in [5.74, 6) is 1.21. The second kappa shape index (κ2) is 4.91. The second-order valence-corrected chi connectivity index (χ2v) is 3.59. The SMILES string of the molecule is Cc1ncc(NCCN)c(C(C)C)n1. The van der Waals surface area contributed by atoms with Gasteiger partial charge in [0.15, 0.2) is 0 Å². The van der Waals surface area contributed by atoms with Crippen molar-refractivity contribution in [1.29, 1.82) is 0 Å². The number of anilines is 1. The van der Waals surface area contributed by atoms with Gasteiger partial charge in [-0.05, 0) is 12.8 Å². The molecule has 1 rings (SSSR count). The molecule has 0 unspecified atom stereocenters. The summed E-state index contributed by atoms with van der Waals surface area (Å²) >= 11 is 0. The van der Waals surface area contributed by atoms with Crippen LogP contribution in [0.15, 0.2) is 6.20 Å². The van der Waals surface area contributed by atoms with E-state index in [1.165, 1.54) is 0 Å². The summed E-state index contributed by atoms with van der Waals surface area (Å²) in [6.45, 7) is 7.51. The predicted octanol–water partition coefficient (Wildman–Crippen LogP) is 1.28. The van der Waals surface area contributed by atoms with Gasteiger partial charge in [-0.2, -0.15) is 0 Å². The van der Waals surface area contributed by atoms with Crippen LogP contribution in [0.2, 0.25) is 0 Å². The lowest BCUT2D eigenvalue weighted by molar-refractivity contribution is 0.801. The van der Waals surface area contributed by atoms with Gasteiger partial charge in [0.1, 0.15) is 5.82 Å². The first-order valence-electron chi connectivity index (χ1n) is 4.92. The van der Waals surface area contributed by atoms with Crippen LogP contribution in [0.3, 0.4) is 0 Å². The lowest BCUT2D eigenvalue weighted by Crippen LogP contribution is -2.15. The second-order valence-electron chi connectivity index (χ2n) is 3.59. The van der Waals surface area contributed by atoms with Gasteiger partial charge in [-0.1, -0.05) is 13.8 Å². The third kappa shape index (κ3) is 2.67. The van der Waals surface area contributed by atoms with E-state index in [0.29, 0.717) is 12.5 Å². The molecule has 4 nitrogen and oxygen atoms in total. The van der Waals surface area contributed by atoms with Gasteiger partial charge in [0.05, 0.1) is 17.6 Å². The fourth-order valence-corrected chi connectivity index (χ4v) is 1.27. The van der Waals surface area contributed by atoms with Crippen molar-refractivity contribution in [3.8, 4) is 0 Å². The van der Waals surface area contributed by atoms with Gasteiger partial charge in [0.2, 0.25) is 0 Å². The monoisotopic (exact) mass is 194 g/mol. The van der Waals surface area contributed by atoms with Crippen LogP contribution in [0, 0.1) is 6.92 Å². The molecule has 1 heterocycles. The summed E-state index contributed by atoms with van der Waals surface area (Å²) in [4.78, 5) is 8.57. The number of aryl methyl sites for hydroxylation is 1. The Hall–Kier alpha value is -1.16. The van der Waals surface area contributed by atoms with Gasteiger partial charge in [0, 0.05) is 13.1 Å². The average Bonchev–Trinajstić information content (AvgIpc) is 2.15. The van der Waals surface area contributed by atoms with Gasteiger partial charge in [-0.3, -0.25) is 0 Å². The van der Waals surface area contributed by atoms with E-state index < -0.39 is 0 Å². The van der Waals surface area contributed by atoms with E-state index in [4.69, 9.17) is 5.73 Å². The highest BCUT2D eigenvalue weighted by molar-refractivity contribution is 5.47. The predicted molar refractivity (Wildman–Crippen MR) is 58.4 cm³/mol. The van der Waals surface area contributed by atoms with Gasteiger partial charge in [-0.25, -0.2) is 9.97 Å². The summed E-state index contributed by atoms with van der Waals surface area (Å²) in [7, 11) is 0. The lowest BCUT2D eigenvalue weighted by Gasteiger charge is -2.12. The third-order valence-corrected chi connectivity index (χ3v) is 1.95. The molecule has 0 aliphatic heterocycles. The Morgan fingerprint density at radius 2 is 2.21 bits per heavy atom. The zero-order chi connectivity index (χ0) is 10.6. The molecule has 0 saturated heterocycles. The van der Waals surface area contributed by atoms with E-state index >= 15 is 0 Å². The smallest absolute Gasteiger partial charge is 0.125 e. The Kier molecular flexibility index (Phi) is 3.83. The van der Waals surface area contributed by atoms with Crippen molar-refractivity contribution in [1.82, 2.24) is 9.97 Å². The lowest BCUT2D eigenvalue weighted by atomic mass is 10.1. The molecule has 0 radical (unpaired) electrons. The summed E-state index contributed by atoms with van der Waals surface area (Å²) in [6, 6.07) is 0. The van der Waals surface area contributed by atoms with Crippen molar-refractivity contribution >= 4 is 5.69 Å². The van der Waals surface area contributed by atoms with Crippen LogP contribution in [0.1, 0.15) is 31.3 Å². The number of rotatable bonds is 4. The summed E-state index contributed by atoms with van der Waals surface area (Å²) in [6.07, 6.45) is 1.83. The van der Waals surface area contributed by atoms with Crippen LogP contribution in [-0.2, 0) is 0 Å². The molecule has 1 aromatic rings. The minimum absolute atomic E-state index is 0.400. The quantitative estimate of drug-likeness (QED) is 0.758. The van der Waals surface area contributed by atoms with Gasteiger partial charge >= 0.3 is 0 Å². The Labute approximate surface area is 85.0 Å². The highest BCUT2D eigenvalue weighted by Crippen LogP contribution is 2.20. The number of nitrogens with one attached hydrogen (secondary N) is 1. The number of hydrogen-bond donors (Lipinski definition) is 2. The van der Waals surface area contributed by atoms with Crippen LogP contribution < -0.4 is 11.1 Å². The largest absolute Gasteiger partial charge is 0.381 e. The van der Waals surface area contributed by atoms with Crippen LogP contribution in [0.5, 0.6) is 0 Å². The molecule has 0 aliphatic carbocycles. The summed E-state index contributed by atoms with van der Waals surface area (Å²) < 4.78 is 0. The first kappa shape index (κ1) is 10.9. The Morgan fingerprint density at radius 1 is 1.50 bits per heavy atom. The Bertz CT molecular complexity index is 296. The van der Waals surface area contributed by atoms with Gasteiger partial charge < -0.3 is 11.1 Å². The van der Waals surface area contributed by atoms with Crippen molar-refractivity contribution in [2.45, 2.75) is 26.7 Å². The number of hydrogen-bond acceptors (Lipinski definition) is 4. The van der Waals surface area contributed by atoms with E-state index in [9.17, 15) is 0 Å². The number of nitrogens with zero attached hydrogens (tertiary/aromatic N) is 2. The van der Waals surface area contributed by atoms with Crippen molar-refractivity contribution in [3.05, 3.63) is 17.7 Å². The molecule has 0 fully saturated rings. The van der Waals surface area contributed by atoms with Gasteiger partial charge in [-0.15, -0.1) is 0 Å². The molecule has 3 N–H and O–H groups in total. The fraction of sp³-hybridized carbons (Fsp3) is 0.600. The Morgan fingerprint density at radius 3 is 2.79 bits per heavy atom. The maximum atomic E-state index is 5.43. The molecular formula is C10H18N4. The highest BCUT2D eigenvalue weighted by Gasteiger charge is 2.08. The highest BCUT2D eigenvalue weighted by atomic mass is 15.0. The summed E-state index contributed by atoms with van der Waals surface area (Å²) in [5, 5.41) is 3.22. The molecule has 0 aliphatic rings. The van der Waals surface area contributed by atoms with E-state index in [2.05, 4.69) is 29.1 Å². The maximum absolute atomic E-state index is 5.43. The molecule has 0 aromatic carbocycles. The van der Waals surface area contributed by atoms with E-state index in [1.807, 2.05) is 13.1 Å². The number of aromatic nitrogens is 2. The van der Waals surface area contributed by atoms with Crippen LogP contribution in [0.4, 0.5) is 5.69 Å². The number of nitrogens with two attached hydrogens (primary N) is 1. The van der Waals surface area contributed by atoms with Crippen molar-refractivity contribution in [2.24, 2.45) is 5.73 Å². The molecule has 0 amide bonds. The van der Waals surface area contributed by atoms with Crippen LogP contribution >= 0.6 is 0 Å². The molecular weight excluding hydrogens is 176 g/mol. The molecule has 78 valence electrons.